The average Bonchev–Trinajstić information content (AvgIpc) is 3.11. The molecule has 1 aromatic carbocycles. The predicted molar refractivity (Wildman–Crippen MR) is 87.2 cm³/mol. The molecule has 118 valence electrons. The van der Waals surface area contributed by atoms with Gasteiger partial charge in [0.15, 0.2) is 0 Å². The summed E-state index contributed by atoms with van der Waals surface area (Å²) in [5.74, 6) is 0.179. The van der Waals surface area contributed by atoms with Gasteiger partial charge in [-0.2, -0.15) is 0 Å². The highest BCUT2D eigenvalue weighted by atomic mass is 16.2. The van der Waals surface area contributed by atoms with Crippen LogP contribution in [0.5, 0.6) is 0 Å². The third-order valence-electron chi connectivity index (χ3n) is 4.73. The minimum Gasteiger partial charge on any atom is -0.337 e. The van der Waals surface area contributed by atoms with Crippen LogP contribution in [0.15, 0.2) is 48.8 Å². The summed E-state index contributed by atoms with van der Waals surface area (Å²) >= 11 is 0. The number of rotatable bonds is 2. The molecule has 2 unspecified atom stereocenters. The van der Waals surface area contributed by atoms with Crippen LogP contribution in [-0.4, -0.2) is 28.4 Å². The largest absolute Gasteiger partial charge is 0.337 e. The molecule has 2 aliphatic heterocycles. The smallest absolute Gasteiger partial charge is 0.241 e. The van der Waals surface area contributed by atoms with Crippen molar-refractivity contribution in [2.75, 3.05) is 6.54 Å². The highest BCUT2D eigenvalue weighted by molar-refractivity contribution is 5.82. The van der Waals surface area contributed by atoms with Gasteiger partial charge in [0.2, 0.25) is 5.91 Å². The molecule has 4 rings (SSSR count). The second kappa shape index (κ2) is 6.10. The molecular formula is C18H20N4O. The molecule has 2 aliphatic rings. The summed E-state index contributed by atoms with van der Waals surface area (Å²) < 4.78 is 0. The number of nitrogens with zero attached hydrogens (tertiary/aromatic N) is 2. The molecule has 0 saturated carbocycles. The molecule has 1 aromatic heterocycles. The Kier molecular flexibility index (Phi) is 3.81. The summed E-state index contributed by atoms with van der Waals surface area (Å²) in [5, 5.41) is 0. The quantitative estimate of drug-likeness (QED) is 0.884. The molecule has 2 atom stereocenters. The zero-order chi connectivity index (χ0) is 15.6. The molecule has 0 spiro atoms. The normalized spacial score (nSPS) is 23.6. The Morgan fingerprint density at radius 2 is 2.00 bits per heavy atom. The SMILES string of the molecule is O=C(C1CC(c2cccnc2)NN1)N1CCc2ccccc2C1. The molecule has 0 aliphatic carbocycles. The first kappa shape index (κ1) is 14.4. The van der Waals surface area contributed by atoms with Gasteiger partial charge in [0.25, 0.3) is 0 Å². The van der Waals surface area contributed by atoms with Crippen molar-refractivity contribution < 1.29 is 4.79 Å². The summed E-state index contributed by atoms with van der Waals surface area (Å²) in [6.07, 6.45) is 5.31. The number of hydrazine groups is 1. The van der Waals surface area contributed by atoms with Gasteiger partial charge in [0, 0.05) is 31.5 Å². The van der Waals surface area contributed by atoms with Gasteiger partial charge >= 0.3 is 0 Å². The number of fused-ring (bicyclic) bond motifs is 1. The molecule has 5 heteroatoms. The van der Waals surface area contributed by atoms with Gasteiger partial charge in [-0.3, -0.25) is 9.78 Å². The number of carbonyl (C=O) groups is 1. The highest BCUT2D eigenvalue weighted by Gasteiger charge is 2.33. The second-order valence-electron chi connectivity index (χ2n) is 6.19. The van der Waals surface area contributed by atoms with Crippen molar-refractivity contribution in [2.45, 2.75) is 31.5 Å². The lowest BCUT2D eigenvalue weighted by molar-refractivity contribution is -0.134. The molecule has 2 aromatic rings. The molecule has 5 nitrogen and oxygen atoms in total. The van der Waals surface area contributed by atoms with Crippen LogP contribution >= 0.6 is 0 Å². The Morgan fingerprint density at radius 1 is 1.13 bits per heavy atom. The van der Waals surface area contributed by atoms with E-state index >= 15 is 0 Å². The fraction of sp³-hybridized carbons (Fsp3) is 0.333. The van der Waals surface area contributed by atoms with Crippen LogP contribution in [-0.2, 0) is 17.8 Å². The maximum absolute atomic E-state index is 12.8. The van der Waals surface area contributed by atoms with Gasteiger partial charge in [-0.1, -0.05) is 30.3 Å². The number of hydrogen-bond donors (Lipinski definition) is 2. The lowest BCUT2D eigenvalue weighted by Gasteiger charge is -2.30. The first-order chi connectivity index (χ1) is 11.3. The van der Waals surface area contributed by atoms with E-state index in [-0.39, 0.29) is 18.0 Å². The van der Waals surface area contributed by atoms with E-state index in [0.29, 0.717) is 6.54 Å². The first-order valence-electron chi connectivity index (χ1n) is 8.08. The van der Waals surface area contributed by atoms with E-state index < -0.39 is 0 Å². The summed E-state index contributed by atoms with van der Waals surface area (Å²) in [6.45, 7) is 1.51. The van der Waals surface area contributed by atoms with Gasteiger partial charge in [-0.05, 0) is 35.6 Å². The molecule has 1 fully saturated rings. The zero-order valence-corrected chi connectivity index (χ0v) is 12.9. The zero-order valence-electron chi connectivity index (χ0n) is 12.9. The van der Waals surface area contributed by atoms with Crippen LogP contribution in [0, 0.1) is 0 Å². The number of hydrogen-bond acceptors (Lipinski definition) is 4. The average molecular weight is 308 g/mol. The van der Waals surface area contributed by atoms with Crippen LogP contribution in [0.3, 0.4) is 0 Å². The van der Waals surface area contributed by atoms with E-state index in [1.165, 1.54) is 11.1 Å². The minimum atomic E-state index is -0.175. The number of benzene rings is 1. The third-order valence-corrected chi connectivity index (χ3v) is 4.73. The molecule has 2 N–H and O–H groups in total. The van der Waals surface area contributed by atoms with Gasteiger partial charge in [0.05, 0.1) is 0 Å². The number of amides is 1. The lowest BCUT2D eigenvalue weighted by Crippen LogP contribution is -2.47. The number of aromatic nitrogens is 1. The fourth-order valence-corrected chi connectivity index (χ4v) is 3.42. The van der Waals surface area contributed by atoms with E-state index in [4.69, 9.17) is 0 Å². The second-order valence-corrected chi connectivity index (χ2v) is 6.19. The van der Waals surface area contributed by atoms with Gasteiger partial charge < -0.3 is 4.90 Å². The Morgan fingerprint density at radius 3 is 2.83 bits per heavy atom. The van der Waals surface area contributed by atoms with Crippen LogP contribution in [0.1, 0.15) is 29.2 Å². The van der Waals surface area contributed by atoms with E-state index in [0.717, 1.165) is 24.9 Å². The summed E-state index contributed by atoms with van der Waals surface area (Å²) in [7, 11) is 0. The molecule has 0 radical (unpaired) electrons. The van der Waals surface area contributed by atoms with E-state index in [9.17, 15) is 4.79 Å². The molecule has 0 bridgehead atoms. The monoisotopic (exact) mass is 308 g/mol. The minimum absolute atomic E-state index is 0.134. The van der Waals surface area contributed by atoms with Crippen molar-refractivity contribution >= 4 is 5.91 Å². The Bertz CT molecular complexity index is 703. The standard InChI is InChI=1S/C18H20N4O/c23-18(22-9-7-13-4-1-2-5-15(13)12-22)17-10-16(20-21-17)14-6-3-8-19-11-14/h1-6,8,11,16-17,20-21H,7,9-10,12H2. The van der Waals surface area contributed by atoms with Crippen molar-refractivity contribution in [1.29, 1.82) is 0 Å². The van der Waals surface area contributed by atoms with Crippen molar-refractivity contribution in [2.24, 2.45) is 0 Å². The fourth-order valence-electron chi connectivity index (χ4n) is 3.42. The predicted octanol–water partition coefficient (Wildman–Crippen LogP) is 1.57. The first-order valence-corrected chi connectivity index (χ1v) is 8.08. The number of carbonyl (C=O) groups excluding carboxylic acids is 1. The van der Waals surface area contributed by atoms with Crippen LogP contribution in [0.2, 0.25) is 0 Å². The van der Waals surface area contributed by atoms with Gasteiger partial charge in [0.1, 0.15) is 6.04 Å². The number of nitrogens with one attached hydrogen (secondary N) is 2. The third kappa shape index (κ3) is 2.85. The number of pyridine rings is 1. The van der Waals surface area contributed by atoms with E-state index in [2.05, 4.69) is 34.0 Å². The van der Waals surface area contributed by atoms with Crippen molar-refractivity contribution in [3.05, 3.63) is 65.5 Å². The molecule has 1 saturated heterocycles. The van der Waals surface area contributed by atoms with Gasteiger partial charge in [-0.25, -0.2) is 10.9 Å². The maximum Gasteiger partial charge on any atom is 0.241 e. The topological polar surface area (TPSA) is 57.3 Å². The summed E-state index contributed by atoms with van der Waals surface area (Å²) in [6, 6.07) is 12.3. The Hall–Kier alpha value is -2.24. The van der Waals surface area contributed by atoms with Crippen LogP contribution in [0.4, 0.5) is 0 Å². The molecular weight excluding hydrogens is 288 g/mol. The summed E-state index contributed by atoms with van der Waals surface area (Å²) in [5.41, 5.74) is 10.1. The van der Waals surface area contributed by atoms with Crippen molar-refractivity contribution in [3.63, 3.8) is 0 Å². The molecule has 3 heterocycles. The molecule has 23 heavy (non-hydrogen) atoms. The van der Waals surface area contributed by atoms with Crippen LogP contribution < -0.4 is 10.9 Å². The Labute approximate surface area is 135 Å². The van der Waals surface area contributed by atoms with Crippen LogP contribution in [0.25, 0.3) is 0 Å². The summed E-state index contributed by atoms with van der Waals surface area (Å²) in [4.78, 5) is 18.9. The highest BCUT2D eigenvalue weighted by Crippen LogP contribution is 2.24. The van der Waals surface area contributed by atoms with E-state index in [1.54, 1.807) is 6.20 Å². The van der Waals surface area contributed by atoms with E-state index in [1.807, 2.05) is 29.3 Å². The Balaban J connectivity index is 1.43. The van der Waals surface area contributed by atoms with Gasteiger partial charge in [-0.15, -0.1) is 0 Å². The molecule has 1 amide bonds. The van der Waals surface area contributed by atoms with Crippen molar-refractivity contribution in [1.82, 2.24) is 20.7 Å². The lowest BCUT2D eigenvalue weighted by atomic mass is 9.98. The van der Waals surface area contributed by atoms with Crippen molar-refractivity contribution in [3.8, 4) is 0 Å². The maximum atomic E-state index is 12.8.